The molecular weight excluding hydrogens is 220 g/mol. The highest BCUT2D eigenvalue weighted by atomic mass is 14.9. The van der Waals surface area contributed by atoms with Gasteiger partial charge in [0.1, 0.15) is 0 Å². The van der Waals surface area contributed by atoms with Crippen molar-refractivity contribution in [2.24, 2.45) is 11.8 Å². The summed E-state index contributed by atoms with van der Waals surface area (Å²) >= 11 is 0. The maximum absolute atomic E-state index is 4.47. The minimum atomic E-state index is 0.604. The van der Waals surface area contributed by atoms with E-state index in [9.17, 15) is 0 Å². The van der Waals surface area contributed by atoms with Gasteiger partial charge in [-0.05, 0) is 43.4 Å². The van der Waals surface area contributed by atoms with E-state index in [4.69, 9.17) is 0 Å². The van der Waals surface area contributed by atoms with Crippen molar-refractivity contribution >= 4 is 0 Å². The molecule has 100 valence electrons. The standard InChI is InChI=1S/C16H26N2/c1-3-17-16(12-15-9-4-5-10-18-15)14-8-6-7-13(2)11-14/h4-5,9-10,13-14,16-17H,3,6-8,11-12H2,1-2H3. The van der Waals surface area contributed by atoms with E-state index in [0.717, 1.165) is 24.8 Å². The molecule has 0 saturated heterocycles. The first-order valence-electron chi connectivity index (χ1n) is 7.43. The van der Waals surface area contributed by atoms with Gasteiger partial charge in [0.15, 0.2) is 0 Å². The summed E-state index contributed by atoms with van der Waals surface area (Å²) in [6.45, 7) is 5.66. The fraction of sp³-hybridized carbons (Fsp3) is 0.688. The zero-order valence-corrected chi connectivity index (χ0v) is 11.7. The molecule has 0 aliphatic heterocycles. The normalized spacial score (nSPS) is 25.9. The highest BCUT2D eigenvalue weighted by molar-refractivity contribution is 5.06. The van der Waals surface area contributed by atoms with Gasteiger partial charge in [-0.3, -0.25) is 4.98 Å². The van der Waals surface area contributed by atoms with E-state index in [-0.39, 0.29) is 0 Å². The van der Waals surface area contributed by atoms with Crippen molar-refractivity contribution in [1.82, 2.24) is 10.3 Å². The van der Waals surface area contributed by atoms with Crippen molar-refractivity contribution in [3.63, 3.8) is 0 Å². The molecular formula is C16H26N2. The lowest BCUT2D eigenvalue weighted by molar-refractivity contribution is 0.222. The van der Waals surface area contributed by atoms with Crippen LogP contribution in [0.1, 0.15) is 45.2 Å². The Kier molecular flexibility index (Phi) is 5.18. The Hall–Kier alpha value is -0.890. The van der Waals surface area contributed by atoms with Crippen molar-refractivity contribution in [3.8, 4) is 0 Å². The summed E-state index contributed by atoms with van der Waals surface area (Å²) in [4.78, 5) is 4.47. The fourth-order valence-corrected chi connectivity index (χ4v) is 3.26. The Balaban J connectivity index is 1.98. The highest BCUT2D eigenvalue weighted by Gasteiger charge is 2.26. The maximum Gasteiger partial charge on any atom is 0.0419 e. The molecule has 18 heavy (non-hydrogen) atoms. The summed E-state index contributed by atoms with van der Waals surface area (Å²) < 4.78 is 0. The van der Waals surface area contributed by atoms with Crippen molar-refractivity contribution in [3.05, 3.63) is 30.1 Å². The van der Waals surface area contributed by atoms with Crippen molar-refractivity contribution < 1.29 is 0 Å². The van der Waals surface area contributed by atoms with Crippen LogP contribution in [0.5, 0.6) is 0 Å². The number of rotatable bonds is 5. The second-order valence-corrected chi connectivity index (χ2v) is 5.72. The van der Waals surface area contributed by atoms with Gasteiger partial charge >= 0.3 is 0 Å². The van der Waals surface area contributed by atoms with Gasteiger partial charge in [-0.25, -0.2) is 0 Å². The SMILES string of the molecule is CCNC(Cc1ccccn1)C1CCCC(C)C1. The molecule has 1 fully saturated rings. The first-order valence-corrected chi connectivity index (χ1v) is 7.43. The van der Waals surface area contributed by atoms with Gasteiger partial charge in [0.05, 0.1) is 0 Å². The minimum Gasteiger partial charge on any atom is -0.314 e. The van der Waals surface area contributed by atoms with E-state index in [2.05, 4.69) is 36.3 Å². The van der Waals surface area contributed by atoms with Gasteiger partial charge in [-0.2, -0.15) is 0 Å². The molecule has 0 aromatic carbocycles. The molecule has 1 aromatic heterocycles. The van der Waals surface area contributed by atoms with E-state index >= 15 is 0 Å². The predicted molar refractivity (Wildman–Crippen MR) is 76.5 cm³/mol. The summed E-state index contributed by atoms with van der Waals surface area (Å²) in [7, 11) is 0. The van der Waals surface area contributed by atoms with E-state index < -0.39 is 0 Å². The third kappa shape index (κ3) is 3.81. The summed E-state index contributed by atoms with van der Waals surface area (Å²) in [6.07, 6.45) is 8.56. The van der Waals surface area contributed by atoms with Crippen molar-refractivity contribution in [1.29, 1.82) is 0 Å². The van der Waals surface area contributed by atoms with Gasteiger partial charge in [0.2, 0.25) is 0 Å². The van der Waals surface area contributed by atoms with E-state index in [1.165, 1.54) is 31.4 Å². The van der Waals surface area contributed by atoms with Crippen LogP contribution in [0.4, 0.5) is 0 Å². The first kappa shape index (κ1) is 13.5. The lowest BCUT2D eigenvalue weighted by Crippen LogP contribution is -2.40. The molecule has 0 spiro atoms. The van der Waals surface area contributed by atoms with Crippen LogP contribution in [0, 0.1) is 11.8 Å². The van der Waals surface area contributed by atoms with Gasteiger partial charge in [0.25, 0.3) is 0 Å². The molecule has 1 saturated carbocycles. The summed E-state index contributed by atoms with van der Waals surface area (Å²) in [5.74, 6) is 1.73. The van der Waals surface area contributed by atoms with Gasteiger partial charge in [0, 0.05) is 24.4 Å². The number of hydrogen-bond donors (Lipinski definition) is 1. The lowest BCUT2D eigenvalue weighted by Gasteiger charge is -2.33. The van der Waals surface area contributed by atoms with Crippen LogP contribution < -0.4 is 5.32 Å². The average molecular weight is 246 g/mol. The van der Waals surface area contributed by atoms with Crippen LogP contribution in [0.15, 0.2) is 24.4 Å². The molecule has 0 radical (unpaired) electrons. The molecule has 3 atom stereocenters. The van der Waals surface area contributed by atoms with Crippen LogP contribution in [0.25, 0.3) is 0 Å². The van der Waals surface area contributed by atoms with E-state index in [1.807, 2.05) is 12.3 Å². The molecule has 3 unspecified atom stereocenters. The van der Waals surface area contributed by atoms with Crippen LogP contribution in [-0.4, -0.2) is 17.6 Å². The number of nitrogens with zero attached hydrogens (tertiary/aromatic N) is 1. The summed E-state index contributed by atoms with van der Waals surface area (Å²) in [5, 5.41) is 3.68. The van der Waals surface area contributed by atoms with Gasteiger partial charge in [-0.15, -0.1) is 0 Å². The zero-order chi connectivity index (χ0) is 12.8. The number of likely N-dealkylation sites (N-methyl/N-ethyl adjacent to an activating group) is 1. The molecule has 1 aromatic rings. The Morgan fingerprint density at radius 2 is 2.28 bits per heavy atom. The van der Waals surface area contributed by atoms with Gasteiger partial charge < -0.3 is 5.32 Å². The Morgan fingerprint density at radius 3 is 2.94 bits per heavy atom. The highest BCUT2D eigenvalue weighted by Crippen LogP contribution is 2.31. The monoisotopic (exact) mass is 246 g/mol. The molecule has 2 rings (SSSR count). The Morgan fingerprint density at radius 1 is 1.39 bits per heavy atom. The van der Waals surface area contributed by atoms with Gasteiger partial charge in [-0.1, -0.05) is 32.8 Å². The first-order chi connectivity index (χ1) is 8.79. The second kappa shape index (κ2) is 6.89. The second-order valence-electron chi connectivity index (χ2n) is 5.72. The zero-order valence-electron chi connectivity index (χ0n) is 11.7. The molecule has 1 N–H and O–H groups in total. The van der Waals surface area contributed by atoms with Crippen LogP contribution >= 0.6 is 0 Å². The molecule has 0 bridgehead atoms. The largest absolute Gasteiger partial charge is 0.314 e. The smallest absolute Gasteiger partial charge is 0.0419 e. The van der Waals surface area contributed by atoms with Crippen molar-refractivity contribution in [2.45, 2.75) is 52.0 Å². The maximum atomic E-state index is 4.47. The average Bonchev–Trinajstić information content (AvgIpc) is 2.39. The molecule has 2 nitrogen and oxygen atoms in total. The van der Waals surface area contributed by atoms with Crippen molar-refractivity contribution in [2.75, 3.05) is 6.54 Å². The molecule has 1 aliphatic carbocycles. The summed E-state index contributed by atoms with van der Waals surface area (Å²) in [6, 6.07) is 6.84. The number of hydrogen-bond acceptors (Lipinski definition) is 2. The Bertz CT molecular complexity index is 336. The number of pyridine rings is 1. The predicted octanol–water partition coefficient (Wildman–Crippen LogP) is 3.43. The minimum absolute atomic E-state index is 0.604. The number of aromatic nitrogens is 1. The van der Waals surface area contributed by atoms with Crippen LogP contribution in [-0.2, 0) is 6.42 Å². The van der Waals surface area contributed by atoms with E-state index in [1.54, 1.807) is 0 Å². The third-order valence-electron chi connectivity index (χ3n) is 4.17. The van der Waals surface area contributed by atoms with E-state index in [0.29, 0.717) is 6.04 Å². The van der Waals surface area contributed by atoms with Crippen LogP contribution in [0.2, 0.25) is 0 Å². The Labute approximate surface area is 111 Å². The molecule has 0 amide bonds. The molecule has 2 heteroatoms. The fourth-order valence-electron chi connectivity index (χ4n) is 3.26. The topological polar surface area (TPSA) is 24.9 Å². The molecule has 1 heterocycles. The van der Waals surface area contributed by atoms with Crippen LogP contribution in [0.3, 0.4) is 0 Å². The summed E-state index contributed by atoms with van der Waals surface area (Å²) in [5.41, 5.74) is 1.22. The third-order valence-corrected chi connectivity index (χ3v) is 4.17. The number of nitrogens with one attached hydrogen (secondary N) is 1. The molecule has 1 aliphatic rings. The lowest BCUT2D eigenvalue weighted by atomic mass is 9.77. The quantitative estimate of drug-likeness (QED) is 0.861.